The molecule has 1 aliphatic carbocycles. The Hall–Kier alpha value is -1.96. The molecule has 1 amide bonds. The molecule has 2 aromatic carbocycles. The van der Waals surface area contributed by atoms with E-state index >= 15 is 0 Å². The number of thiocarbonyl (C=S) groups is 1. The third-order valence-corrected chi connectivity index (χ3v) is 6.37. The SMILES string of the molecule is O=C1NC(=S)S/C1=C\c1cc(Br)ccc1OC1CC(C(=O)c2ccccc2)C1. The standard InChI is InChI=1S/C21H16BrNO3S2/c22-15-6-7-17(13(8-15)11-18-20(25)23-21(27)28-18)26-16-9-14(10-16)19(24)12-4-2-1-3-5-12/h1-8,11,14,16H,9-10H2,(H,23,25,27)/b18-11-. The molecule has 28 heavy (non-hydrogen) atoms. The van der Waals surface area contributed by atoms with Crippen molar-refractivity contribution >= 4 is 62.0 Å². The van der Waals surface area contributed by atoms with Gasteiger partial charge in [-0.2, -0.15) is 0 Å². The minimum atomic E-state index is -0.196. The Morgan fingerprint density at radius 3 is 2.64 bits per heavy atom. The Balaban J connectivity index is 1.45. The number of carbonyl (C=O) groups excluding carboxylic acids is 2. The van der Waals surface area contributed by atoms with E-state index in [4.69, 9.17) is 17.0 Å². The fraction of sp³-hybridized carbons (Fsp3) is 0.190. The summed E-state index contributed by atoms with van der Waals surface area (Å²) in [5.41, 5.74) is 1.55. The first-order valence-corrected chi connectivity index (χ1v) is 10.8. The summed E-state index contributed by atoms with van der Waals surface area (Å²) in [6.45, 7) is 0. The number of amides is 1. The van der Waals surface area contributed by atoms with Gasteiger partial charge in [0.05, 0.1) is 4.91 Å². The molecule has 0 radical (unpaired) electrons. The molecule has 1 aliphatic heterocycles. The van der Waals surface area contributed by atoms with Crippen LogP contribution in [0.1, 0.15) is 28.8 Å². The van der Waals surface area contributed by atoms with Crippen LogP contribution in [0.5, 0.6) is 5.75 Å². The van der Waals surface area contributed by atoms with E-state index < -0.39 is 0 Å². The summed E-state index contributed by atoms with van der Waals surface area (Å²) < 4.78 is 7.48. The second kappa shape index (κ2) is 8.19. The predicted molar refractivity (Wildman–Crippen MR) is 118 cm³/mol. The fourth-order valence-corrected chi connectivity index (χ4v) is 4.61. The monoisotopic (exact) mass is 473 g/mol. The molecule has 0 spiro atoms. The maximum Gasteiger partial charge on any atom is 0.263 e. The van der Waals surface area contributed by atoms with Gasteiger partial charge in [0.1, 0.15) is 16.2 Å². The number of halogens is 1. The molecule has 0 aromatic heterocycles. The largest absolute Gasteiger partial charge is 0.490 e. The number of hydrogen-bond acceptors (Lipinski definition) is 5. The van der Waals surface area contributed by atoms with Crippen LogP contribution in [-0.4, -0.2) is 22.1 Å². The number of benzene rings is 2. The minimum absolute atomic E-state index is 0.00167. The summed E-state index contributed by atoms with van der Waals surface area (Å²) in [6, 6.07) is 15.0. The lowest BCUT2D eigenvalue weighted by Crippen LogP contribution is -2.38. The van der Waals surface area contributed by atoms with E-state index in [9.17, 15) is 9.59 Å². The van der Waals surface area contributed by atoms with Gasteiger partial charge in [-0.3, -0.25) is 9.59 Å². The smallest absolute Gasteiger partial charge is 0.263 e. The minimum Gasteiger partial charge on any atom is -0.490 e. The number of carbonyl (C=O) groups is 2. The predicted octanol–water partition coefficient (Wildman–Crippen LogP) is 4.98. The molecule has 0 unspecified atom stereocenters. The van der Waals surface area contributed by atoms with Crippen LogP contribution in [-0.2, 0) is 4.79 Å². The molecule has 0 atom stereocenters. The first-order chi connectivity index (χ1) is 13.5. The molecule has 4 nitrogen and oxygen atoms in total. The third kappa shape index (κ3) is 4.21. The molecule has 7 heteroatoms. The molecular formula is C21H16BrNO3S2. The zero-order valence-electron chi connectivity index (χ0n) is 14.7. The van der Waals surface area contributed by atoms with Gasteiger partial charge < -0.3 is 10.1 Å². The number of thioether (sulfide) groups is 1. The number of nitrogens with one attached hydrogen (secondary N) is 1. The second-order valence-electron chi connectivity index (χ2n) is 6.67. The van der Waals surface area contributed by atoms with E-state index in [1.165, 1.54) is 11.8 Å². The van der Waals surface area contributed by atoms with E-state index in [2.05, 4.69) is 21.2 Å². The van der Waals surface area contributed by atoms with Crippen molar-refractivity contribution in [2.75, 3.05) is 0 Å². The van der Waals surface area contributed by atoms with E-state index in [-0.39, 0.29) is 23.7 Å². The van der Waals surface area contributed by atoms with Crippen LogP contribution >= 0.6 is 39.9 Å². The van der Waals surface area contributed by atoms with E-state index in [0.29, 0.717) is 27.8 Å². The Morgan fingerprint density at radius 1 is 1.21 bits per heavy atom. The quantitative estimate of drug-likeness (QED) is 0.377. The lowest BCUT2D eigenvalue weighted by molar-refractivity contribution is -0.115. The molecule has 2 aliphatic rings. The number of Topliss-reactive ketones (excluding diaryl/α,β-unsaturated/α-hetero) is 1. The molecule has 2 aromatic rings. The van der Waals surface area contributed by atoms with Crippen LogP contribution in [0.2, 0.25) is 0 Å². The molecule has 1 N–H and O–H groups in total. The van der Waals surface area contributed by atoms with Crippen molar-refractivity contribution in [2.24, 2.45) is 5.92 Å². The van der Waals surface area contributed by atoms with Crippen molar-refractivity contribution in [2.45, 2.75) is 18.9 Å². The average molecular weight is 474 g/mol. The fourth-order valence-electron chi connectivity index (χ4n) is 3.20. The van der Waals surface area contributed by atoms with Gasteiger partial charge in [-0.1, -0.05) is 70.2 Å². The molecule has 1 saturated heterocycles. The zero-order valence-corrected chi connectivity index (χ0v) is 17.9. The van der Waals surface area contributed by atoms with Gasteiger partial charge in [0.2, 0.25) is 0 Å². The Morgan fingerprint density at radius 2 is 1.96 bits per heavy atom. The Labute approximate surface area is 180 Å². The lowest BCUT2D eigenvalue weighted by atomic mass is 9.77. The summed E-state index contributed by atoms with van der Waals surface area (Å²) >= 11 is 9.74. The first kappa shape index (κ1) is 19.4. The van der Waals surface area contributed by atoms with Gasteiger partial charge in [-0.15, -0.1) is 0 Å². The third-order valence-electron chi connectivity index (χ3n) is 4.72. The van der Waals surface area contributed by atoms with E-state index in [0.717, 1.165) is 15.6 Å². The second-order valence-corrected chi connectivity index (χ2v) is 9.31. The summed E-state index contributed by atoms with van der Waals surface area (Å²) in [5, 5.41) is 2.62. The first-order valence-electron chi connectivity index (χ1n) is 8.80. The van der Waals surface area contributed by atoms with Gasteiger partial charge in [0.15, 0.2) is 5.78 Å². The molecule has 4 rings (SSSR count). The summed E-state index contributed by atoms with van der Waals surface area (Å²) in [6.07, 6.45) is 3.16. The van der Waals surface area contributed by atoms with Crippen molar-refractivity contribution in [3.05, 3.63) is 69.0 Å². The number of ketones is 1. The maximum atomic E-state index is 12.5. The van der Waals surface area contributed by atoms with E-state index in [1.807, 2.05) is 48.5 Å². The highest BCUT2D eigenvalue weighted by Crippen LogP contribution is 2.37. The van der Waals surface area contributed by atoms with Crippen LogP contribution in [0.3, 0.4) is 0 Å². The van der Waals surface area contributed by atoms with Gasteiger partial charge in [0, 0.05) is 21.5 Å². The van der Waals surface area contributed by atoms with Crippen molar-refractivity contribution in [3.63, 3.8) is 0 Å². The van der Waals surface area contributed by atoms with Crippen LogP contribution in [0.4, 0.5) is 0 Å². The maximum absolute atomic E-state index is 12.5. The lowest BCUT2D eigenvalue weighted by Gasteiger charge is -2.34. The molecule has 2 fully saturated rings. The zero-order chi connectivity index (χ0) is 19.7. The van der Waals surface area contributed by atoms with Crippen LogP contribution in [0.25, 0.3) is 6.08 Å². The topological polar surface area (TPSA) is 55.4 Å². The molecule has 1 heterocycles. The van der Waals surface area contributed by atoms with Crippen LogP contribution in [0, 0.1) is 5.92 Å². The average Bonchev–Trinajstić information content (AvgIpc) is 2.96. The summed E-state index contributed by atoms with van der Waals surface area (Å²) in [4.78, 5) is 25.0. The van der Waals surface area contributed by atoms with Gasteiger partial charge >= 0.3 is 0 Å². The van der Waals surface area contributed by atoms with Crippen molar-refractivity contribution in [1.82, 2.24) is 5.32 Å². The highest BCUT2D eigenvalue weighted by atomic mass is 79.9. The Bertz CT molecular complexity index is 984. The number of rotatable bonds is 5. The normalized spacial score (nSPS) is 22.7. The van der Waals surface area contributed by atoms with Crippen LogP contribution < -0.4 is 10.1 Å². The Kier molecular flexibility index (Phi) is 5.66. The van der Waals surface area contributed by atoms with E-state index in [1.54, 1.807) is 6.08 Å². The van der Waals surface area contributed by atoms with Crippen molar-refractivity contribution in [3.8, 4) is 5.75 Å². The molecule has 142 valence electrons. The highest BCUT2D eigenvalue weighted by Gasteiger charge is 2.36. The number of hydrogen-bond donors (Lipinski definition) is 1. The number of ether oxygens (including phenoxy) is 1. The van der Waals surface area contributed by atoms with Gasteiger partial charge in [-0.25, -0.2) is 0 Å². The van der Waals surface area contributed by atoms with Gasteiger partial charge in [-0.05, 0) is 37.1 Å². The molecule has 0 bridgehead atoms. The highest BCUT2D eigenvalue weighted by molar-refractivity contribution is 9.10. The van der Waals surface area contributed by atoms with Crippen LogP contribution in [0.15, 0.2) is 57.9 Å². The summed E-state index contributed by atoms with van der Waals surface area (Å²) in [5.74, 6) is 0.667. The van der Waals surface area contributed by atoms with Crippen molar-refractivity contribution < 1.29 is 14.3 Å². The van der Waals surface area contributed by atoms with Crippen molar-refractivity contribution in [1.29, 1.82) is 0 Å². The molecule has 1 saturated carbocycles. The van der Waals surface area contributed by atoms with Gasteiger partial charge in [0.25, 0.3) is 5.91 Å². The summed E-state index contributed by atoms with van der Waals surface area (Å²) in [7, 11) is 0. The molecular weight excluding hydrogens is 458 g/mol.